The molecule has 0 aromatic carbocycles. The maximum Gasteiger partial charge on any atom is 0.133 e. The van der Waals surface area contributed by atoms with Crippen molar-refractivity contribution in [2.75, 3.05) is 5.73 Å². The Balaban J connectivity index is 2.14. The number of hydrogen-bond acceptors (Lipinski definition) is 3. The van der Waals surface area contributed by atoms with Gasteiger partial charge in [-0.15, -0.1) is 6.58 Å². The Morgan fingerprint density at radius 3 is 2.71 bits per heavy atom. The first-order valence-corrected chi connectivity index (χ1v) is 7.43. The van der Waals surface area contributed by atoms with E-state index in [-0.39, 0.29) is 5.41 Å². The Labute approximate surface area is 125 Å². The van der Waals surface area contributed by atoms with Crippen LogP contribution in [0.25, 0.3) is 11.4 Å². The van der Waals surface area contributed by atoms with Gasteiger partial charge in [0, 0.05) is 18.0 Å². The molecule has 1 fully saturated rings. The van der Waals surface area contributed by atoms with Crippen LogP contribution in [-0.4, -0.2) is 19.1 Å². The lowest BCUT2D eigenvalue weighted by Gasteiger charge is -2.19. The molecule has 1 saturated carbocycles. The van der Waals surface area contributed by atoms with Gasteiger partial charge in [0.15, 0.2) is 0 Å². The Morgan fingerprint density at radius 1 is 1.43 bits per heavy atom. The summed E-state index contributed by atoms with van der Waals surface area (Å²) >= 11 is 0. The average Bonchev–Trinajstić information content (AvgIpc) is 3.05. The van der Waals surface area contributed by atoms with Gasteiger partial charge in [-0.05, 0) is 12.8 Å². The molecular weight excluding hydrogens is 262 g/mol. The van der Waals surface area contributed by atoms with Gasteiger partial charge in [-0.2, -0.15) is 0 Å². The summed E-state index contributed by atoms with van der Waals surface area (Å²) in [5, 5.41) is 0. The first-order valence-electron chi connectivity index (χ1n) is 7.43. The van der Waals surface area contributed by atoms with Crippen LogP contribution in [0.3, 0.4) is 0 Å². The molecule has 0 bridgehead atoms. The topological polar surface area (TPSA) is 61.7 Å². The second-order valence-electron chi connectivity index (χ2n) is 6.74. The molecule has 112 valence electrons. The molecule has 2 aromatic heterocycles. The summed E-state index contributed by atoms with van der Waals surface area (Å²) in [6.45, 7) is 10.9. The highest BCUT2D eigenvalue weighted by molar-refractivity contribution is 5.68. The van der Waals surface area contributed by atoms with E-state index in [1.165, 1.54) is 12.8 Å². The zero-order chi connectivity index (χ0) is 15.2. The van der Waals surface area contributed by atoms with Crippen LogP contribution in [0.5, 0.6) is 0 Å². The number of nitrogens with zero attached hydrogens (tertiary/aromatic N) is 4. The summed E-state index contributed by atoms with van der Waals surface area (Å²) in [6.07, 6.45) is 8.03. The van der Waals surface area contributed by atoms with Crippen molar-refractivity contribution >= 4 is 5.82 Å². The molecule has 5 nitrogen and oxygen atoms in total. The van der Waals surface area contributed by atoms with E-state index in [0.717, 1.165) is 17.2 Å². The first kappa shape index (κ1) is 13.9. The SMILES string of the molecule is C=CCn1c(C(C)(C)C)nc(-c2cncn2C2CC2)c1N. The molecule has 0 atom stereocenters. The van der Waals surface area contributed by atoms with Crippen LogP contribution in [0, 0.1) is 0 Å². The number of aromatic nitrogens is 4. The smallest absolute Gasteiger partial charge is 0.133 e. The van der Waals surface area contributed by atoms with Crippen molar-refractivity contribution in [2.24, 2.45) is 0 Å². The fourth-order valence-electron chi connectivity index (χ4n) is 2.67. The lowest BCUT2D eigenvalue weighted by molar-refractivity contribution is 0.515. The number of allylic oxidation sites excluding steroid dienone is 1. The van der Waals surface area contributed by atoms with Gasteiger partial charge in [-0.1, -0.05) is 26.8 Å². The molecule has 0 radical (unpaired) electrons. The fraction of sp³-hybridized carbons (Fsp3) is 0.500. The first-order chi connectivity index (χ1) is 9.93. The van der Waals surface area contributed by atoms with E-state index in [1.807, 2.05) is 23.2 Å². The summed E-state index contributed by atoms with van der Waals surface area (Å²) in [5.41, 5.74) is 8.17. The predicted molar refractivity (Wildman–Crippen MR) is 85.0 cm³/mol. The van der Waals surface area contributed by atoms with E-state index in [4.69, 9.17) is 10.7 Å². The number of hydrogen-bond donors (Lipinski definition) is 1. The van der Waals surface area contributed by atoms with Crippen molar-refractivity contribution in [1.29, 1.82) is 0 Å². The highest BCUT2D eigenvalue weighted by atomic mass is 15.2. The van der Waals surface area contributed by atoms with Gasteiger partial charge in [0.25, 0.3) is 0 Å². The standard InChI is InChI=1S/C16H23N5/c1-5-8-20-14(17)13(19-15(20)16(2,3)4)12-9-18-10-21(12)11-6-7-11/h5,9-11H,1,6-8,17H2,2-4H3. The maximum absolute atomic E-state index is 6.38. The molecule has 0 unspecified atom stereocenters. The maximum atomic E-state index is 6.38. The largest absolute Gasteiger partial charge is 0.383 e. The number of nitrogens with two attached hydrogens (primary N) is 1. The van der Waals surface area contributed by atoms with Crippen LogP contribution >= 0.6 is 0 Å². The molecule has 3 rings (SSSR count). The third kappa shape index (κ3) is 2.37. The Hall–Kier alpha value is -2.04. The second kappa shape index (κ2) is 4.76. The van der Waals surface area contributed by atoms with Gasteiger partial charge in [-0.25, -0.2) is 9.97 Å². The van der Waals surface area contributed by atoms with Crippen LogP contribution < -0.4 is 5.73 Å². The molecule has 0 spiro atoms. The molecule has 2 N–H and O–H groups in total. The van der Waals surface area contributed by atoms with E-state index in [2.05, 4.69) is 36.9 Å². The third-order valence-corrected chi connectivity index (χ3v) is 3.84. The molecule has 0 saturated heterocycles. The van der Waals surface area contributed by atoms with Gasteiger partial charge in [0.1, 0.15) is 17.3 Å². The Bertz CT molecular complexity index is 667. The molecule has 0 amide bonds. The summed E-state index contributed by atoms with van der Waals surface area (Å²) in [4.78, 5) is 9.13. The van der Waals surface area contributed by atoms with E-state index in [1.54, 1.807) is 0 Å². The van der Waals surface area contributed by atoms with Crippen molar-refractivity contribution in [2.45, 2.75) is 51.6 Å². The number of nitrogen functional groups attached to an aromatic ring is 1. The van der Waals surface area contributed by atoms with Crippen LogP contribution in [0.1, 0.15) is 45.5 Å². The van der Waals surface area contributed by atoms with E-state index < -0.39 is 0 Å². The zero-order valence-electron chi connectivity index (χ0n) is 13.0. The Kier molecular flexibility index (Phi) is 3.15. The highest BCUT2D eigenvalue weighted by Crippen LogP contribution is 2.40. The summed E-state index contributed by atoms with van der Waals surface area (Å²) in [6, 6.07) is 0.560. The third-order valence-electron chi connectivity index (χ3n) is 3.84. The lowest BCUT2D eigenvalue weighted by atomic mass is 9.95. The van der Waals surface area contributed by atoms with E-state index in [0.29, 0.717) is 18.4 Å². The minimum atomic E-state index is -0.0696. The average molecular weight is 285 g/mol. The minimum absolute atomic E-state index is 0.0696. The van der Waals surface area contributed by atoms with Crippen LogP contribution in [0.2, 0.25) is 0 Å². The van der Waals surface area contributed by atoms with Crippen LogP contribution in [-0.2, 0) is 12.0 Å². The van der Waals surface area contributed by atoms with Crippen molar-refractivity contribution in [3.63, 3.8) is 0 Å². The predicted octanol–water partition coefficient (Wildman–Crippen LogP) is 3.15. The van der Waals surface area contributed by atoms with Gasteiger partial charge < -0.3 is 14.9 Å². The van der Waals surface area contributed by atoms with E-state index >= 15 is 0 Å². The quantitative estimate of drug-likeness (QED) is 0.878. The molecule has 2 aromatic rings. The highest BCUT2D eigenvalue weighted by Gasteiger charge is 2.30. The van der Waals surface area contributed by atoms with Gasteiger partial charge in [0.2, 0.25) is 0 Å². The molecule has 1 aliphatic rings. The van der Waals surface area contributed by atoms with Crippen molar-refractivity contribution < 1.29 is 0 Å². The van der Waals surface area contributed by atoms with Crippen molar-refractivity contribution in [1.82, 2.24) is 19.1 Å². The molecule has 2 heterocycles. The van der Waals surface area contributed by atoms with Crippen LogP contribution in [0.4, 0.5) is 5.82 Å². The molecule has 1 aliphatic carbocycles. The lowest BCUT2D eigenvalue weighted by Crippen LogP contribution is -2.19. The zero-order valence-corrected chi connectivity index (χ0v) is 13.0. The number of anilines is 1. The summed E-state index contributed by atoms with van der Waals surface area (Å²) < 4.78 is 4.25. The summed E-state index contributed by atoms with van der Waals surface area (Å²) in [5.74, 6) is 1.68. The molecule has 0 aliphatic heterocycles. The van der Waals surface area contributed by atoms with Gasteiger partial charge in [-0.3, -0.25) is 0 Å². The summed E-state index contributed by atoms with van der Waals surface area (Å²) in [7, 11) is 0. The number of rotatable bonds is 4. The monoisotopic (exact) mass is 285 g/mol. The van der Waals surface area contributed by atoms with Crippen LogP contribution in [0.15, 0.2) is 25.2 Å². The normalized spacial score (nSPS) is 15.4. The van der Waals surface area contributed by atoms with Crippen molar-refractivity contribution in [3.8, 4) is 11.4 Å². The van der Waals surface area contributed by atoms with Gasteiger partial charge >= 0.3 is 0 Å². The fourth-order valence-corrected chi connectivity index (χ4v) is 2.67. The van der Waals surface area contributed by atoms with Gasteiger partial charge in [0.05, 0.1) is 18.2 Å². The minimum Gasteiger partial charge on any atom is -0.383 e. The molecular formula is C16H23N5. The molecule has 5 heteroatoms. The number of imidazole rings is 2. The molecule has 21 heavy (non-hydrogen) atoms. The second-order valence-corrected chi connectivity index (χ2v) is 6.74. The van der Waals surface area contributed by atoms with E-state index in [9.17, 15) is 0 Å². The van der Waals surface area contributed by atoms with Crippen molar-refractivity contribution in [3.05, 3.63) is 31.0 Å². The Morgan fingerprint density at radius 2 is 2.14 bits per heavy atom.